The molecule has 0 unspecified atom stereocenters. The maximum atomic E-state index is 5.95. The predicted molar refractivity (Wildman–Crippen MR) is 120 cm³/mol. The molecule has 4 rings (SSSR count). The second-order valence-electron chi connectivity index (χ2n) is 7.90. The zero-order valence-electron chi connectivity index (χ0n) is 17.8. The second-order valence-corrected chi connectivity index (χ2v) is 8.27. The highest BCUT2D eigenvalue weighted by Gasteiger charge is 2.21. The number of benzene rings is 2. The topological polar surface area (TPSA) is 45.6 Å². The van der Waals surface area contributed by atoms with Crippen molar-refractivity contribution < 1.29 is 14.4 Å². The van der Waals surface area contributed by atoms with Gasteiger partial charge in [-0.3, -0.25) is 4.57 Å². The Morgan fingerprint density at radius 3 is 2.47 bits per heavy atom. The first-order chi connectivity index (χ1) is 14.6. The lowest BCUT2D eigenvalue weighted by molar-refractivity contribution is -0.930. The van der Waals surface area contributed by atoms with Crippen LogP contribution in [0.1, 0.15) is 25.3 Å². The van der Waals surface area contributed by atoms with E-state index in [0.717, 1.165) is 55.8 Å². The van der Waals surface area contributed by atoms with Gasteiger partial charge in [-0.2, -0.15) is 4.68 Å². The van der Waals surface area contributed by atoms with Crippen molar-refractivity contribution >= 4 is 12.2 Å². The number of nitrogens with one attached hydrogen (secondary N) is 1. The van der Waals surface area contributed by atoms with Gasteiger partial charge in [0.1, 0.15) is 18.8 Å². The van der Waals surface area contributed by atoms with Crippen molar-refractivity contribution in [1.29, 1.82) is 0 Å². The number of nitrogens with zero attached hydrogens (tertiary/aromatic N) is 3. The van der Waals surface area contributed by atoms with Crippen molar-refractivity contribution in [1.82, 2.24) is 14.3 Å². The van der Waals surface area contributed by atoms with Crippen molar-refractivity contribution in [3.8, 4) is 22.8 Å². The summed E-state index contributed by atoms with van der Waals surface area (Å²) in [6.07, 6.45) is 0. The maximum Gasteiger partial charge on any atom is 0.207 e. The summed E-state index contributed by atoms with van der Waals surface area (Å²) < 4.78 is 15.6. The van der Waals surface area contributed by atoms with Crippen LogP contribution in [0.25, 0.3) is 17.1 Å². The number of methoxy groups -OCH3 is 1. The van der Waals surface area contributed by atoms with Crippen molar-refractivity contribution in [3.05, 3.63) is 58.9 Å². The molecule has 30 heavy (non-hydrogen) atoms. The third-order valence-electron chi connectivity index (χ3n) is 5.56. The van der Waals surface area contributed by atoms with E-state index in [0.29, 0.717) is 10.7 Å². The predicted octanol–water partition coefficient (Wildman–Crippen LogP) is 3.07. The maximum absolute atomic E-state index is 5.95. The molecule has 0 atom stereocenters. The summed E-state index contributed by atoms with van der Waals surface area (Å²) in [5, 5.41) is 4.98. The molecule has 0 aliphatic carbocycles. The highest BCUT2D eigenvalue weighted by molar-refractivity contribution is 7.71. The largest absolute Gasteiger partial charge is 0.497 e. The molecule has 2 heterocycles. The van der Waals surface area contributed by atoms with Gasteiger partial charge in [0.25, 0.3) is 0 Å². The Morgan fingerprint density at radius 2 is 1.80 bits per heavy atom. The van der Waals surface area contributed by atoms with E-state index in [1.165, 1.54) is 10.5 Å². The highest BCUT2D eigenvalue weighted by atomic mass is 32.1. The molecule has 2 aromatic carbocycles. The quantitative estimate of drug-likeness (QED) is 0.617. The van der Waals surface area contributed by atoms with E-state index in [4.69, 9.17) is 26.8 Å². The Morgan fingerprint density at radius 1 is 1.10 bits per heavy atom. The van der Waals surface area contributed by atoms with E-state index in [-0.39, 0.29) is 0 Å². The van der Waals surface area contributed by atoms with Gasteiger partial charge in [-0.25, -0.2) is 0 Å². The fourth-order valence-electron chi connectivity index (χ4n) is 3.86. The normalized spacial score (nSPS) is 14.9. The molecule has 0 saturated carbocycles. The minimum absolute atomic E-state index is 0.375. The summed E-state index contributed by atoms with van der Waals surface area (Å²) >= 11 is 5.95. The lowest BCUT2D eigenvalue weighted by Gasteiger charge is -2.23. The van der Waals surface area contributed by atoms with E-state index < -0.39 is 0 Å². The number of rotatable bonds is 6. The molecule has 0 spiro atoms. The number of aromatic nitrogens is 3. The van der Waals surface area contributed by atoms with Gasteiger partial charge in [0, 0.05) is 5.56 Å². The Kier molecular flexibility index (Phi) is 6.32. The van der Waals surface area contributed by atoms with Gasteiger partial charge in [-0.05, 0) is 54.0 Å². The highest BCUT2D eigenvalue weighted by Crippen LogP contribution is 2.29. The number of ether oxygens (including phenoxy) is 2. The van der Waals surface area contributed by atoms with Gasteiger partial charge in [-0.15, -0.1) is 5.10 Å². The number of morpholine rings is 1. The molecule has 1 aromatic heterocycles. The molecular formula is C23H29N4O2S+. The van der Waals surface area contributed by atoms with Crippen LogP contribution in [0.4, 0.5) is 0 Å². The minimum Gasteiger partial charge on any atom is -0.497 e. The van der Waals surface area contributed by atoms with Crippen LogP contribution in [-0.2, 0) is 11.4 Å². The van der Waals surface area contributed by atoms with Crippen LogP contribution >= 0.6 is 12.2 Å². The van der Waals surface area contributed by atoms with E-state index in [1.807, 2.05) is 28.9 Å². The third-order valence-corrected chi connectivity index (χ3v) is 5.95. The second kappa shape index (κ2) is 9.12. The lowest BCUT2D eigenvalue weighted by atomic mass is 10.0. The van der Waals surface area contributed by atoms with Gasteiger partial charge in [0.2, 0.25) is 4.77 Å². The Labute approximate surface area is 182 Å². The van der Waals surface area contributed by atoms with Gasteiger partial charge in [-0.1, -0.05) is 32.0 Å². The first-order valence-corrected chi connectivity index (χ1v) is 10.8. The van der Waals surface area contributed by atoms with E-state index >= 15 is 0 Å². The van der Waals surface area contributed by atoms with Crippen LogP contribution in [0.3, 0.4) is 0 Å². The molecule has 1 N–H and O–H groups in total. The summed E-state index contributed by atoms with van der Waals surface area (Å²) in [7, 11) is 1.68. The van der Waals surface area contributed by atoms with Gasteiger partial charge < -0.3 is 14.4 Å². The van der Waals surface area contributed by atoms with Crippen LogP contribution in [0.15, 0.2) is 48.5 Å². The summed E-state index contributed by atoms with van der Waals surface area (Å²) in [5.41, 5.74) is 3.35. The summed E-state index contributed by atoms with van der Waals surface area (Å²) in [5.74, 6) is 2.05. The molecule has 3 aromatic rings. The van der Waals surface area contributed by atoms with Crippen LogP contribution in [0, 0.1) is 4.77 Å². The van der Waals surface area contributed by atoms with Crippen LogP contribution < -0.4 is 9.64 Å². The third kappa shape index (κ3) is 4.19. The minimum atomic E-state index is 0.375. The molecule has 7 heteroatoms. The monoisotopic (exact) mass is 425 g/mol. The van der Waals surface area contributed by atoms with Crippen LogP contribution in [-0.4, -0.2) is 47.8 Å². The Bertz CT molecular complexity index is 1050. The smallest absolute Gasteiger partial charge is 0.207 e. The standard InChI is InChI=1S/C23H28N4O2S/c1-17(2)20-6-4-5-7-21(20)27-22(18-8-10-19(28-3)11-9-18)24-26(23(27)30)16-25-12-14-29-15-13-25/h4-11,17H,12-16H2,1-3H3/p+1. The average Bonchev–Trinajstić information content (AvgIpc) is 3.10. The zero-order valence-corrected chi connectivity index (χ0v) is 18.6. The van der Waals surface area contributed by atoms with Crippen LogP contribution in [0.5, 0.6) is 5.75 Å². The molecule has 1 saturated heterocycles. The van der Waals surface area contributed by atoms with Crippen LogP contribution in [0.2, 0.25) is 0 Å². The van der Waals surface area contributed by atoms with Gasteiger partial charge in [0.05, 0.1) is 26.0 Å². The Balaban J connectivity index is 1.85. The van der Waals surface area contributed by atoms with E-state index in [9.17, 15) is 0 Å². The SMILES string of the molecule is COc1ccc(-c2nn(C[NH+]3CCOCC3)c(=S)n2-c2ccccc2C(C)C)cc1. The first kappa shape index (κ1) is 20.8. The summed E-state index contributed by atoms with van der Waals surface area (Å²) in [6, 6.07) is 16.4. The van der Waals surface area contributed by atoms with Crippen molar-refractivity contribution in [2.75, 3.05) is 33.4 Å². The van der Waals surface area contributed by atoms with Crippen molar-refractivity contribution in [2.24, 2.45) is 0 Å². The Hall–Kier alpha value is -2.48. The summed E-state index contributed by atoms with van der Waals surface area (Å²) in [6.45, 7) is 8.65. The fraction of sp³-hybridized carbons (Fsp3) is 0.391. The molecular weight excluding hydrogens is 396 g/mol. The molecule has 158 valence electrons. The number of para-hydroxylation sites is 1. The first-order valence-electron chi connectivity index (χ1n) is 10.4. The molecule has 6 nitrogen and oxygen atoms in total. The molecule has 0 radical (unpaired) electrons. The van der Waals surface area contributed by atoms with Gasteiger partial charge >= 0.3 is 0 Å². The van der Waals surface area contributed by atoms with E-state index in [1.54, 1.807) is 7.11 Å². The van der Waals surface area contributed by atoms with Gasteiger partial charge in [0.15, 0.2) is 12.5 Å². The summed E-state index contributed by atoms with van der Waals surface area (Å²) in [4.78, 5) is 1.43. The molecule has 1 aliphatic rings. The molecule has 1 fully saturated rings. The molecule has 0 amide bonds. The lowest BCUT2D eigenvalue weighted by Crippen LogP contribution is -3.13. The average molecular weight is 426 g/mol. The fourth-order valence-corrected chi connectivity index (χ4v) is 4.15. The number of hydrogen-bond donors (Lipinski definition) is 1. The molecule has 0 bridgehead atoms. The molecule has 1 aliphatic heterocycles. The zero-order chi connectivity index (χ0) is 21.1. The van der Waals surface area contributed by atoms with Crippen molar-refractivity contribution in [2.45, 2.75) is 26.4 Å². The number of hydrogen-bond acceptors (Lipinski definition) is 4. The van der Waals surface area contributed by atoms with Crippen molar-refractivity contribution in [3.63, 3.8) is 0 Å². The number of quaternary nitrogens is 1. The van der Waals surface area contributed by atoms with E-state index in [2.05, 4.69) is 42.7 Å².